The van der Waals surface area contributed by atoms with Crippen LogP contribution in [0.5, 0.6) is 5.88 Å². The van der Waals surface area contributed by atoms with Gasteiger partial charge in [-0.1, -0.05) is 11.7 Å². The summed E-state index contributed by atoms with van der Waals surface area (Å²) >= 11 is 0. The van der Waals surface area contributed by atoms with Crippen LogP contribution in [0, 0.1) is 11.6 Å². The summed E-state index contributed by atoms with van der Waals surface area (Å²) in [5.41, 5.74) is 11.8. The molecular weight excluding hydrogens is 479 g/mol. The molecule has 0 bridgehead atoms. The number of alkyl halides is 3. The zero-order chi connectivity index (χ0) is 25.8. The average Bonchev–Trinajstić information content (AvgIpc) is 3.27. The van der Waals surface area contributed by atoms with Gasteiger partial charge in [0.15, 0.2) is 12.4 Å². The van der Waals surface area contributed by atoms with Crippen molar-refractivity contribution in [2.45, 2.75) is 6.18 Å². The maximum atomic E-state index is 13.9. The summed E-state index contributed by atoms with van der Waals surface area (Å²) in [6, 6.07) is 5.52. The Hall–Kier alpha value is -4.56. The Balaban J connectivity index is 1.69. The molecule has 0 unspecified atom stereocenters. The van der Waals surface area contributed by atoms with E-state index in [1.165, 1.54) is 36.3 Å². The van der Waals surface area contributed by atoms with E-state index in [9.17, 15) is 22.0 Å². The van der Waals surface area contributed by atoms with E-state index in [2.05, 4.69) is 36.4 Å². The highest BCUT2D eigenvalue weighted by atomic mass is 19.4. The topological polar surface area (TPSA) is 141 Å². The van der Waals surface area contributed by atoms with Gasteiger partial charge < -0.3 is 25.6 Å². The highest BCUT2D eigenvalue weighted by Gasteiger charge is 2.28. The molecule has 0 aliphatic heterocycles. The second kappa shape index (κ2) is 10.1. The number of aromatic nitrogens is 3. The molecule has 3 aromatic rings. The van der Waals surface area contributed by atoms with E-state index in [1.54, 1.807) is 0 Å². The molecule has 35 heavy (non-hydrogen) atoms. The number of pyridine rings is 1. The van der Waals surface area contributed by atoms with Crippen LogP contribution in [-0.4, -0.2) is 46.8 Å². The Bertz CT molecular complexity index is 1270. The lowest BCUT2D eigenvalue weighted by atomic mass is 10.3. The number of nitrogens with zero attached hydrogens (tertiary/aromatic N) is 6. The van der Waals surface area contributed by atoms with Crippen molar-refractivity contribution in [3.05, 3.63) is 66.4 Å². The molecule has 2 aromatic heterocycles. The number of guanidine groups is 1. The molecular formula is C20H17F5N8O2. The van der Waals surface area contributed by atoms with Crippen LogP contribution in [0.4, 0.5) is 27.6 Å². The fourth-order valence-corrected chi connectivity index (χ4v) is 2.49. The fraction of sp³-hybridized carbons (Fsp3) is 0.150. The highest BCUT2D eigenvalue weighted by Crippen LogP contribution is 2.23. The molecule has 0 radical (unpaired) electrons. The van der Waals surface area contributed by atoms with E-state index in [4.69, 9.17) is 16.0 Å². The van der Waals surface area contributed by atoms with Crippen molar-refractivity contribution < 1.29 is 31.2 Å². The Labute approximate surface area is 194 Å². The van der Waals surface area contributed by atoms with Crippen LogP contribution < -0.4 is 21.1 Å². The monoisotopic (exact) mass is 496 g/mol. The van der Waals surface area contributed by atoms with Gasteiger partial charge in [0.25, 0.3) is 5.89 Å². The summed E-state index contributed by atoms with van der Waals surface area (Å²) in [7, 11) is 1.43. The summed E-state index contributed by atoms with van der Waals surface area (Å²) < 4.78 is 73.2. The first-order chi connectivity index (χ1) is 16.4. The van der Waals surface area contributed by atoms with Crippen molar-refractivity contribution in [2.75, 3.05) is 18.6 Å². The minimum Gasteiger partial charge on any atom is -0.468 e. The molecule has 0 atom stereocenters. The first-order valence-corrected chi connectivity index (χ1v) is 9.49. The minimum absolute atomic E-state index is 0.00357. The smallest absolute Gasteiger partial charge is 0.422 e. The number of anilines is 1. The van der Waals surface area contributed by atoms with E-state index in [-0.39, 0.29) is 46.5 Å². The lowest BCUT2D eigenvalue weighted by Gasteiger charge is -2.19. The number of ether oxygens (including phenoxy) is 1. The Morgan fingerprint density at radius 2 is 1.91 bits per heavy atom. The fourth-order valence-electron chi connectivity index (χ4n) is 2.49. The Kier molecular flexibility index (Phi) is 7.27. The van der Waals surface area contributed by atoms with E-state index in [1.807, 2.05) is 0 Å². The van der Waals surface area contributed by atoms with Gasteiger partial charge in [-0.3, -0.25) is 0 Å². The average molecular weight is 496 g/mol. The zero-order valence-electron chi connectivity index (χ0n) is 17.9. The summed E-state index contributed by atoms with van der Waals surface area (Å²) in [6.07, 6.45) is -3.33. The van der Waals surface area contributed by atoms with Gasteiger partial charge in [-0.25, -0.2) is 13.8 Å². The highest BCUT2D eigenvalue weighted by molar-refractivity contribution is 6.02. The van der Waals surface area contributed by atoms with Crippen molar-refractivity contribution in [1.82, 2.24) is 15.1 Å². The summed E-state index contributed by atoms with van der Waals surface area (Å²) in [5, 5.41) is 3.64. The van der Waals surface area contributed by atoms with Crippen LogP contribution >= 0.6 is 0 Å². The molecule has 0 saturated carbocycles. The van der Waals surface area contributed by atoms with Gasteiger partial charge >= 0.3 is 6.18 Å². The van der Waals surface area contributed by atoms with E-state index < -0.39 is 24.4 Å². The third kappa shape index (κ3) is 6.72. The van der Waals surface area contributed by atoms with Gasteiger partial charge in [-0.2, -0.15) is 28.1 Å². The van der Waals surface area contributed by atoms with Gasteiger partial charge in [0.05, 0.1) is 11.3 Å². The van der Waals surface area contributed by atoms with E-state index in [0.717, 1.165) is 6.07 Å². The maximum absolute atomic E-state index is 13.9. The molecule has 15 heteroatoms. The van der Waals surface area contributed by atoms with Gasteiger partial charge in [0, 0.05) is 25.4 Å². The van der Waals surface area contributed by atoms with Crippen LogP contribution in [0.3, 0.4) is 0 Å². The number of aliphatic imine (C=N–C) groups is 2. The largest absolute Gasteiger partial charge is 0.468 e. The van der Waals surface area contributed by atoms with Crippen LogP contribution in [0.25, 0.3) is 11.5 Å². The first-order valence-electron chi connectivity index (χ1n) is 9.49. The van der Waals surface area contributed by atoms with Gasteiger partial charge in [-0.05, 0) is 18.2 Å². The molecule has 4 N–H and O–H groups in total. The van der Waals surface area contributed by atoms with Crippen molar-refractivity contribution in [2.24, 2.45) is 21.5 Å². The maximum Gasteiger partial charge on any atom is 0.422 e. The number of hydrogen-bond donors (Lipinski definition) is 2. The lowest BCUT2D eigenvalue weighted by molar-refractivity contribution is -0.154. The zero-order valence-corrected chi connectivity index (χ0v) is 17.9. The number of nitrogens with two attached hydrogens (primary N) is 2. The number of hydrogen-bond acceptors (Lipinski definition) is 7. The molecule has 0 fully saturated rings. The second-order valence-corrected chi connectivity index (χ2v) is 6.75. The minimum atomic E-state index is -4.50. The molecule has 184 valence electrons. The van der Waals surface area contributed by atoms with Crippen molar-refractivity contribution >= 4 is 17.5 Å². The Morgan fingerprint density at radius 1 is 1.17 bits per heavy atom. The molecule has 10 nitrogen and oxygen atoms in total. The van der Waals surface area contributed by atoms with E-state index in [0.29, 0.717) is 6.07 Å². The van der Waals surface area contributed by atoms with Crippen molar-refractivity contribution in [1.29, 1.82) is 0 Å². The predicted molar refractivity (Wildman–Crippen MR) is 115 cm³/mol. The lowest BCUT2D eigenvalue weighted by Crippen LogP contribution is -2.23. The van der Waals surface area contributed by atoms with Gasteiger partial charge in [0.2, 0.25) is 17.7 Å². The van der Waals surface area contributed by atoms with Crippen molar-refractivity contribution in [3.63, 3.8) is 0 Å². The number of amidine groups is 1. The summed E-state index contributed by atoms with van der Waals surface area (Å²) in [4.78, 5) is 16.7. The normalized spacial score (nSPS) is 12.5. The SMILES string of the molecule is C=C(/N=C(N)\N=C(/N)c1noc(-c2ccc(OCC(F)(F)F)nc2)n1)N(C)c1ccc(F)cc1F. The quantitative estimate of drug-likeness (QED) is 0.289. The molecule has 0 saturated heterocycles. The van der Waals surface area contributed by atoms with Gasteiger partial charge in [0.1, 0.15) is 17.5 Å². The molecule has 2 heterocycles. The summed E-state index contributed by atoms with van der Waals surface area (Å²) in [6.45, 7) is 2.17. The van der Waals surface area contributed by atoms with Crippen molar-refractivity contribution in [3.8, 4) is 17.3 Å². The Morgan fingerprint density at radius 3 is 2.54 bits per heavy atom. The predicted octanol–water partition coefficient (Wildman–Crippen LogP) is 2.98. The van der Waals surface area contributed by atoms with E-state index >= 15 is 0 Å². The van der Waals surface area contributed by atoms with Crippen LogP contribution in [-0.2, 0) is 0 Å². The van der Waals surface area contributed by atoms with Crippen LogP contribution in [0.1, 0.15) is 5.82 Å². The van der Waals surface area contributed by atoms with Crippen LogP contribution in [0.15, 0.2) is 63.4 Å². The molecule has 3 rings (SSSR count). The molecule has 0 aliphatic carbocycles. The molecule has 1 aromatic carbocycles. The van der Waals surface area contributed by atoms with Crippen LogP contribution in [0.2, 0.25) is 0 Å². The third-order valence-corrected chi connectivity index (χ3v) is 4.16. The first kappa shape index (κ1) is 25.1. The molecule has 0 spiro atoms. The number of benzene rings is 1. The second-order valence-electron chi connectivity index (χ2n) is 6.75. The number of rotatable bonds is 7. The summed E-state index contributed by atoms with van der Waals surface area (Å²) in [5.74, 6) is -2.74. The molecule has 0 amide bonds. The standard InChI is InChI=1S/C20H17F5N8O2/c1-10(33(2)14-5-4-12(21)7-13(14)22)29-19(27)30-16(26)17-31-18(35-32-17)11-3-6-15(28-8-11)34-9-20(23,24)25/h3-8H,1,9H2,2H3,(H4,26,27,29,30). The number of halogens is 5. The molecule has 0 aliphatic rings. The van der Waals surface area contributed by atoms with Gasteiger partial charge in [-0.15, -0.1) is 0 Å². The third-order valence-electron chi connectivity index (χ3n) is 4.16.